The van der Waals surface area contributed by atoms with Crippen molar-refractivity contribution in [2.45, 2.75) is 23.5 Å². The topological polar surface area (TPSA) is 85.1 Å². The highest BCUT2D eigenvalue weighted by Crippen LogP contribution is 2.36. The van der Waals surface area contributed by atoms with E-state index in [1.165, 1.54) is 16.4 Å². The summed E-state index contributed by atoms with van der Waals surface area (Å²) in [7, 11) is 1.76. The summed E-state index contributed by atoms with van der Waals surface area (Å²) in [5.41, 5.74) is 2.02. The average Bonchev–Trinajstić information content (AvgIpc) is 2.92. The minimum Gasteiger partial charge on any atom is -0.324 e. The van der Waals surface area contributed by atoms with E-state index in [-0.39, 0.29) is 29.5 Å². The molecule has 8 heteroatoms. The van der Waals surface area contributed by atoms with Gasteiger partial charge in [0.15, 0.2) is 0 Å². The third kappa shape index (κ3) is 3.58. The molecule has 1 aromatic heterocycles. The maximum Gasteiger partial charge on any atom is 0.295 e. The van der Waals surface area contributed by atoms with E-state index in [1.807, 2.05) is 54.6 Å². The molecular formula is C21H20N4O3S. The number of benzene rings is 2. The first kappa shape index (κ1) is 19.1. The number of rotatable bonds is 4. The van der Waals surface area contributed by atoms with E-state index in [1.54, 1.807) is 18.7 Å². The molecule has 0 radical (unpaired) electrons. The fourth-order valence-electron chi connectivity index (χ4n) is 3.30. The number of nitrogens with zero attached hydrogens (tertiary/aromatic N) is 2. The van der Waals surface area contributed by atoms with Gasteiger partial charge >= 0.3 is 0 Å². The lowest BCUT2D eigenvalue weighted by Crippen LogP contribution is -2.33. The fourth-order valence-corrected chi connectivity index (χ4v) is 4.41. The van der Waals surface area contributed by atoms with Crippen molar-refractivity contribution < 1.29 is 9.59 Å². The van der Waals surface area contributed by atoms with Crippen LogP contribution in [0.4, 0.5) is 11.4 Å². The van der Waals surface area contributed by atoms with Gasteiger partial charge < -0.3 is 10.6 Å². The summed E-state index contributed by atoms with van der Waals surface area (Å²) in [4.78, 5) is 38.8. The zero-order valence-electron chi connectivity index (χ0n) is 16.0. The van der Waals surface area contributed by atoms with Gasteiger partial charge in [-0.15, -0.1) is 11.8 Å². The van der Waals surface area contributed by atoms with Gasteiger partial charge in [0.2, 0.25) is 11.8 Å². The molecule has 1 aliphatic heterocycles. The highest BCUT2D eigenvalue weighted by molar-refractivity contribution is 8.01. The number of anilines is 2. The summed E-state index contributed by atoms with van der Waals surface area (Å²) in [5.74, 6) is -0.585. The fraction of sp³-hybridized carbons (Fsp3) is 0.190. The third-order valence-corrected chi connectivity index (χ3v) is 6.17. The first-order valence-electron chi connectivity index (χ1n) is 9.16. The van der Waals surface area contributed by atoms with Crippen molar-refractivity contribution in [3.8, 4) is 5.69 Å². The molecule has 0 saturated heterocycles. The van der Waals surface area contributed by atoms with Gasteiger partial charge in [-0.1, -0.05) is 30.3 Å². The minimum absolute atomic E-state index is 0.0239. The Hall–Kier alpha value is -3.26. The Morgan fingerprint density at radius 3 is 2.55 bits per heavy atom. The van der Waals surface area contributed by atoms with Crippen molar-refractivity contribution in [1.29, 1.82) is 0 Å². The van der Waals surface area contributed by atoms with Crippen LogP contribution in [0.5, 0.6) is 0 Å². The highest BCUT2D eigenvalue weighted by Gasteiger charge is 2.29. The Balaban J connectivity index is 1.54. The van der Waals surface area contributed by atoms with Crippen LogP contribution in [0.1, 0.15) is 12.1 Å². The highest BCUT2D eigenvalue weighted by atomic mass is 32.2. The number of carbonyl (C=O) groups is 2. The van der Waals surface area contributed by atoms with E-state index < -0.39 is 5.25 Å². The molecule has 4 rings (SSSR count). The summed E-state index contributed by atoms with van der Waals surface area (Å²) in [5, 5.41) is 4.99. The van der Waals surface area contributed by atoms with E-state index in [0.29, 0.717) is 11.4 Å². The summed E-state index contributed by atoms with van der Waals surface area (Å²) >= 11 is 1.36. The minimum atomic E-state index is -0.551. The first-order chi connectivity index (χ1) is 14.0. The summed E-state index contributed by atoms with van der Waals surface area (Å²) in [6.45, 7) is 1.77. The number of thioether (sulfide) groups is 1. The molecule has 0 aliphatic carbocycles. The lowest BCUT2D eigenvalue weighted by atomic mass is 10.2. The Morgan fingerprint density at radius 1 is 1.10 bits per heavy atom. The van der Waals surface area contributed by atoms with E-state index in [0.717, 1.165) is 10.6 Å². The van der Waals surface area contributed by atoms with Crippen LogP contribution in [0.15, 0.2) is 64.3 Å². The van der Waals surface area contributed by atoms with Crippen molar-refractivity contribution in [1.82, 2.24) is 9.36 Å². The molecular weight excluding hydrogens is 388 g/mol. The molecule has 1 unspecified atom stereocenters. The van der Waals surface area contributed by atoms with Crippen LogP contribution in [0.3, 0.4) is 0 Å². The second-order valence-corrected chi connectivity index (χ2v) is 8.03. The molecule has 0 spiro atoms. The van der Waals surface area contributed by atoms with Crippen molar-refractivity contribution in [3.05, 3.63) is 70.6 Å². The summed E-state index contributed by atoms with van der Waals surface area (Å²) in [6, 6.07) is 16.7. The predicted molar refractivity (Wildman–Crippen MR) is 114 cm³/mol. The van der Waals surface area contributed by atoms with Crippen LogP contribution < -0.4 is 16.2 Å². The Bertz CT molecular complexity index is 1150. The zero-order chi connectivity index (χ0) is 20.5. The smallest absolute Gasteiger partial charge is 0.295 e. The molecule has 0 saturated carbocycles. The monoisotopic (exact) mass is 408 g/mol. The molecule has 29 heavy (non-hydrogen) atoms. The van der Waals surface area contributed by atoms with Gasteiger partial charge in [-0.25, -0.2) is 4.68 Å². The number of amides is 2. The molecule has 2 aromatic carbocycles. The first-order valence-corrected chi connectivity index (χ1v) is 10.0. The molecule has 7 nitrogen and oxygen atoms in total. The normalized spacial score (nSPS) is 15.5. The average molecular weight is 408 g/mol. The van der Waals surface area contributed by atoms with Crippen LogP contribution in [0.2, 0.25) is 0 Å². The van der Waals surface area contributed by atoms with Crippen LogP contribution in [0.25, 0.3) is 5.69 Å². The quantitative estimate of drug-likeness (QED) is 0.695. The third-order valence-electron chi connectivity index (χ3n) is 4.90. The zero-order valence-corrected chi connectivity index (χ0v) is 16.8. The van der Waals surface area contributed by atoms with Crippen LogP contribution in [0, 0.1) is 6.92 Å². The maximum atomic E-state index is 12.9. The molecule has 1 aliphatic rings. The van der Waals surface area contributed by atoms with Crippen molar-refractivity contribution in [2.24, 2.45) is 7.05 Å². The van der Waals surface area contributed by atoms with Gasteiger partial charge in [0.1, 0.15) is 5.69 Å². The molecule has 2 heterocycles. The lowest BCUT2D eigenvalue weighted by molar-refractivity contribution is -0.120. The number of nitrogens with one attached hydrogen (secondary N) is 2. The molecule has 3 aromatic rings. The van der Waals surface area contributed by atoms with Crippen molar-refractivity contribution >= 4 is 35.0 Å². The second-order valence-electron chi connectivity index (χ2n) is 6.78. The largest absolute Gasteiger partial charge is 0.324 e. The maximum absolute atomic E-state index is 12.9. The lowest BCUT2D eigenvalue weighted by Gasteiger charge is -2.23. The molecule has 0 fully saturated rings. The number of hydrogen-bond donors (Lipinski definition) is 2. The van der Waals surface area contributed by atoms with Gasteiger partial charge in [0.05, 0.1) is 22.3 Å². The number of aromatic nitrogens is 2. The number of hydrogen-bond acceptors (Lipinski definition) is 4. The predicted octanol–water partition coefficient (Wildman–Crippen LogP) is 2.93. The number of fused-ring (bicyclic) bond motifs is 1. The molecule has 1 atom stereocenters. The molecule has 0 bridgehead atoms. The van der Waals surface area contributed by atoms with Gasteiger partial charge in [-0.2, -0.15) is 0 Å². The van der Waals surface area contributed by atoms with E-state index in [4.69, 9.17) is 0 Å². The Labute approximate surface area is 171 Å². The van der Waals surface area contributed by atoms with Crippen molar-refractivity contribution in [3.63, 3.8) is 0 Å². The summed E-state index contributed by atoms with van der Waals surface area (Å²) in [6.07, 6.45) is -0.0239. The van der Waals surface area contributed by atoms with Crippen LogP contribution >= 0.6 is 11.8 Å². The Morgan fingerprint density at radius 2 is 1.79 bits per heavy atom. The second kappa shape index (κ2) is 7.63. The van der Waals surface area contributed by atoms with Gasteiger partial charge in [-0.3, -0.25) is 19.1 Å². The van der Waals surface area contributed by atoms with E-state index >= 15 is 0 Å². The van der Waals surface area contributed by atoms with Gasteiger partial charge in [-0.05, 0) is 31.2 Å². The molecule has 148 valence electrons. The standard InChI is InChI=1S/C21H20N4O3S/c1-13-19(21(28)25(24(13)2)14-8-4-3-5-9-14)23-18(26)12-17-20(27)22-15-10-6-7-11-16(15)29-17/h3-11,17H,12H2,1-2H3,(H,22,27)(H,23,26). The van der Waals surface area contributed by atoms with Crippen LogP contribution in [-0.2, 0) is 16.6 Å². The van der Waals surface area contributed by atoms with Gasteiger partial charge in [0, 0.05) is 18.4 Å². The van der Waals surface area contributed by atoms with E-state index in [9.17, 15) is 14.4 Å². The van der Waals surface area contributed by atoms with Gasteiger partial charge in [0.25, 0.3) is 5.56 Å². The SMILES string of the molecule is Cc1c(NC(=O)CC2Sc3ccccc3NC2=O)c(=O)n(-c2ccccc2)n1C. The molecule has 2 amide bonds. The Kier molecular flexibility index (Phi) is 5.02. The van der Waals surface area contributed by atoms with Crippen molar-refractivity contribution in [2.75, 3.05) is 10.6 Å². The number of carbonyl (C=O) groups excluding carboxylic acids is 2. The van der Waals surface area contributed by atoms with E-state index in [2.05, 4.69) is 10.6 Å². The number of para-hydroxylation sites is 2. The van der Waals surface area contributed by atoms with Crippen LogP contribution in [-0.4, -0.2) is 26.4 Å². The molecule has 2 N–H and O–H groups in total. The summed E-state index contributed by atoms with van der Waals surface area (Å²) < 4.78 is 3.20.